The Morgan fingerprint density at radius 3 is 1.95 bits per heavy atom. The zero-order chi connectivity index (χ0) is 55.8. The number of hydrogen-bond acceptors (Lipinski definition) is 17. The number of fused-ring (bicyclic) bond motifs is 2. The van der Waals surface area contributed by atoms with Gasteiger partial charge in [-0.25, -0.2) is 0 Å². The number of carbonyl (C=O) groups excluding carboxylic acids is 8. The SMILES string of the molecule is CCC(C)CC(C)CCCCCCCCC(=O)N[C@@H]1C[C@H](O)[C@H](O)NC(=O)[C@H]2[C@H](O)CCN2C(=O)[C@@H]([C@@H](O)CC(N)=O)NC(=O)[C@@H]([C@@H](O)[C@H](O)c2ccc(O)cc2)NC(=O)[C@H]2C[C@H](O)CN2C(=O)[C@@H]([C@H](C)O)NC1=O. The van der Waals surface area contributed by atoms with Crippen LogP contribution in [0.2, 0.25) is 0 Å². The number of hydrogen-bond donors (Lipinski definition) is 15. The van der Waals surface area contributed by atoms with Gasteiger partial charge in [0.25, 0.3) is 0 Å². The number of carbonyl (C=O) groups is 8. The molecular weight excluding hydrogens is 985 g/mol. The number of amides is 8. The standard InChI is InChI=1S/C50H80N8O17/c1-5-25(2)20-26(3)12-10-8-6-7-9-11-13-37(66)52-31-22-35(64)46(71)56-48(73)41-33(62)18-19-57(41)50(75)39(34(63)23-36(51)65)54-47(72)40(43(68)42(67)28-14-16-29(60)17-15-28)55-45(70)32-21-30(61)24-58(32)49(74)38(27(4)59)53-44(31)69/h14-17,25-27,30-35,38-43,46,59-64,67-68,71H,5-13,18-24H2,1-4H3,(H2,51,65)(H,52,66)(H,53,69)(H,54,72)(H,55,70)(H,56,73)/t25?,26?,27-,30-,31+,32+,33+,34-,35-,38+,39+,40+,41+,42+,43+,46-/m0/s1. The minimum absolute atomic E-state index is 0.0795. The van der Waals surface area contributed by atoms with Crippen LogP contribution in [0, 0.1) is 11.8 Å². The van der Waals surface area contributed by atoms with Crippen molar-refractivity contribution in [3.05, 3.63) is 29.8 Å². The van der Waals surface area contributed by atoms with E-state index in [2.05, 4.69) is 47.4 Å². The average Bonchev–Trinajstić information content (AvgIpc) is 3.95. The number of rotatable bonds is 20. The molecule has 0 spiro atoms. The zero-order valence-electron chi connectivity index (χ0n) is 43.1. The number of aliphatic hydroxyl groups excluding tert-OH is 8. The number of aliphatic hydroxyl groups is 8. The summed E-state index contributed by atoms with van der Waals surface area (Å²) in [5, 5.41) is 110. The Hall–Kier alpha value is -5.54. The number of phenolic OH excluding ortho intramolecular Hbond substituents is 1. The number of unbranched alkanes of at least 4 members (excludes halogenated alkanes) is 5. The van der Waals surface area contributed by atoms with Crippen molar-refractivity contribution in [3.63, 3.8) is 0 Å². The first kappa shape index (κ1) is 62.0. The van der Waals surface area contributed by atoms with Gasteiger partial charge in [-0.1, -0.05) is 77.8 Å². The first-order chi connectivity index (χ1) is 35.3. The maximum atomic E-state index is 14.4. The minimum Gasteiger partial charge on any atom is -0.508 e. The van der Waals surface area contributed by atoms with Crippen molar-refractivity contribution in [2.24, 2.45) is 17.6 Å². The van der Waals surface area contributed by atoms with E-state index in [0.29, 0.717) is 29.6 Å². The summed E-state index contributed by atoms with van der Waals surface area (Å²) in [6, 6.07) is -7.37. The molecule has 25 heteroatoms. The van der Waals surface area contributed by atoms with Gasteiger partial charge in [-0.15, -0.1) is 0 Å². The molecule has 16 atom stereocenters. The summed E-state index contributed by atoms with van der Waals surface area (Å²) in [6.45, 7) is 6.76. The molecule has 25 nitrogen and oxygen atoms in total. The van der Waals surface area contributed by atoms with Gasteiger partial charge in [0.1, 0.15) is 60.3 Å². The minimum atomic E-state index is -2.36. The highest BCUT2D eigenvalue weighted by Crippen LogP contribution is 2.27. The molecule has 75 heavy (non-hydrogen) atoms. The van der Waals surface area contributed by atoms with Gasteiger partial charge in [0, 0.05) is 32.4 Å². The molecule has 0 aromatic heterocycles. The van der Waals surface area contributed by atoms with Gasteiger partial charge in [-0.05, 0) is 55.7 Å². The second kappa shape index (κ2) is 29.1. The molecule has 0 aliphatic carbocycles. The molecule has 1 aromatic rings. The fourth-order valence-corrected chi connectivity index (χ4v) is 9.79. The highest BCUT2D eigenvalue weighted by Gasteiger charge is 2.49. The van der Waals surface area contributed by atoms with E-state index in [1.807, 2.05) is 0 Å². The summed E-state index contributed by atoms with van der Waals surface area (Å²) in [5.41, 5.74) is 5.21. The highest BCUT2D eigenvalue weighted by molar-refractivity contribution is 5.98. The quantitative estimate of drug-likeness (QED) is 0.0568. The third-order valence-corrected chi connectivity index (χ3v) is 14.3. The molecule has 3 heterocycles. The Labute approximate surface area is 436 Å². The summed E-state index contributed by atoms with van der Waals surface area (Å²) >= 11 is 0. The van der Waals surface area contributed by atoms with E-state index in [1.165, 1.54) is 6.42 Å². The van der Waals surface area contributed by atoms with Gasteiger partial charge >= 0.3 is 0 Å². The van der Waals surface area contributed by atoms with Crippen LogP contribution < -0.4 is 32.3 Å². The van der Waals surface area contributed by atoms with Crippen LogP contribution in [0.4, 0.5) is 0 Å². The van der Waals surface area contributed by atoms with Crippen LogP contribution in [0.3, 0.4) is 0 Å². The molecule has 3 fully saturated rings. The van der Waals surface area contributed by atoms with E-state index >= 15 is 0 Å². The third kappa shape index (κ3) is 17.8. The molecule has 3 saturated heterocycles. The molecule has 3 aliphatic heterocycles. The van der Waals surface area contributed by atoms with E-state index in [-0.39, 0.29) is 24.2 Å². The van der Waals surface area contributed by atoms with Crippen molar-refractivity contribution >= 4 is 47.3 Å². The van der Waals surface area contributed by atoms with Crippen LogP contribution in [0.1, 0.15) is 129 Å². The second-order valence-electron chi connectivity index (χ2n) is 20.6. The Morgan fingerprint density at radius 1 is 0.720 bits per heavy atom. The van der Waals surface area contributed by atoms with Crippen molar-refractivity contribution in [1.29, 1.82) is 0 Å². The summed E-state index contributed by atoms with van der Waals surface area (Å²) in [5.74, 6) is -8.59. The Balaban J connectivity index is 1.69. The molecule has 1 aromatic carbocycles. The summed E-state index contributed by atoms with van der Waals surface area (Å²) < 4.78 is 0. The lowest BCUT2D eigenvalue weighted by molar-refractivity contribution is -0.149. The maximum absolute atomic E-state index is 14.4. The average molecular weight is 1070 g/mol. The van der Waals surface area contributed by atoms with Crippen molar-refractivity contribution in [1.82, 2.24) is 36.4 Å². The molecule has 16 N–H and O–H groups in total. The third-order valence-electron chi connectivity index (χ3n) is 14.3. The van der Waals surface area contributed by atoms with Crippen LogP contribution in [0.5, 0.6) is 5.75 Å². The molecule has 0 radical (unpaired) electrons. The van der Waals surface area contributed by atoms with Gasteiger partial charge in [0.2, 0.25) is 47.3 Å². The van der Waals surface area contributed by atoms with Crippen LogP contribution in [-0.4, -0.2) is 195 Å². The zero-order valence-corrected chi connectivity index (χ0v) is 43.1. The van der Waals surface area contributed by atoms with Gasteiger partial charge in [0.05, 0.1) is 30.8 Å². The number of benzene rings is 1. The second-order valence-corrected chi connectivity index (χ2v) is 20.6. The van der Waals surface area contributed by atoms with Crippen molar-refractivity contribution in [3.8, 4) is 5.75 Å². The number of nitrogens with two attached hydrogens (primary N) is 1. The Kier molecular flexibility index (Phi) is 24.1. The molecule has 4 rings (SSSR count). The van der Waals surface area contributed by atoms with Crippen molar-refractivity contribution in [2.45, 2.75) is 203 Å². The molecule has 2 unspecified atom stereocenters. The molecule has 8 amide bonds. The fourth-order valence-electron chi connectivity index (χ4n) is 9.79. The summed E-state index contributed by atoms with van der Waals surface area (Å²) in [4.78, 5) is 112. The molecule has 0 bridgehead atoms. The van der Waals surface area contributed by atoms with E-state index in [4.69, 9.17) is 5.73 Å². The predicted molar refractivity (Wildman–Crippen MR) is 265 cm³/mol. The molecule has 422 valence electrons. The fraction of sp³-hybridized carbons (Fsp3) is 0.720. The smallest absolute Gasteiger partial charge is 0.248 e. The first-order valence-electron chi connectivity index (χ1n) is 26.0. The van der Waals surface area contributed by atoms with E-state index < -0.39 is 165 Å². The molecule has 3 aliphatic rings. The van der Waals surface area contributed by atoms with Gasteiger partial charge < -0.3 is 88.1 Å². The van der Waals surface area contributed by atoms with Crippen LogP contribution >= 0.6 is 0 Å². The summed E-state index contributed by atoms with van der Waals surface area (Å²) in [6.07, 6.45) is -10.2. The summed E-state index contributed by atoms with van der Waals surface area (Å²) in [7, 11) is 0. The monoisotopic (exact) mass is 1060 g/mol. The number of primary amides is 1. The molecule has 0 saturated carbocycles. The van der Waals surface area contributed by atoms with E-state index in [9.17, 15) is 84.3 Å². The van der Waals surface area contributed by atoms with Crippen LogP contribution in [-0.2, 0) is 38.4 Å². The van der Waals surface area contributed by atoms with Crippen molar-refractivity contribution in [2.75, 3.05) is 13.1 Å². The van der Waals surface area contributed by atoms with Crippen molar-refractivity contribution < 1.29 is 84.3 Å². The number of aromatic hydroxyl groups is 1. The Morgan fingerprint density at radius 2 is 1.32 bits per heavy atom. The normalized spacial score (nSPS) is 29.0. The van der Waals surface area contributed by atoms with Gasteiger partial charge in [0.15, 0.2) is 6.23 Å². The predicted octanol–water partition coefficient (Wildman–Crippen LogP) is -3.34. The van der Waals surface area contributed by atoms with E-state index in [0.717, 1.165) is 74.6 Å². The van der Waals surface area contributed by atoms with Crippen LogP contribution in [0.15, 0.2) is 24.3 Å². The molecular formula is C50H80N8O17. The van der Waals surface area contributed by atoms with Gasteiger partial charge in [-0.3, -0.25) is 38.4 Å². The van der Waals surface area contributed by atoms with Gasteiger partial charge in [-0.2, -0.15) is 0 Å². The number of nitrogens with zero attached hydrogens (tertiary/aromatic N) is 2. The first-order valence-corrected chi connectivity index (χ1v) is 26.0. The largest absolute Gasteiger partial charge is 0.508 e. The highest BCUT2D eigenvalue weighted by atomic mass is 16.3. The lowest BCUT2D eigenvalue weighted by Crippen LogP contribution is -2.64. The topological polar surface area (TPSA) is 411 Å². The number of phenols is 1. The lowest BCUT2D eigenvalue weighted by atomic mass is 9.91. The van der Waals surface area contributed by atoms with E-state index in [1.54, 1.807) is 0 Å². The maximum Gasteiger partial charge on any atom is 0.248 e. The number of nitrogens with one attached hydrogen (secondary N) is 5. The van der Waals surface area contributed by atoms with Crippen LogP contribution in [0.25, 0.3) is 0 Å². The Bertz CT molecular complexity index is 2100. The lowest BCUT2D eigenvalue weighted by Gasteiger charge is -2.34.